The van der Waals surface area contributed by atoms with Crippen molar-refractivity contribution in [3.63, 3.8) is 0 Å². The number of benzene rings is 3. The zero-order valence-corrected chi connectivity index (χ0v) is 25.9. The molecule has 44 heavy (non-hydrogen) atoms. The van der Waals surface area contributed by atoms with Gasteiger partial charge in [-0.1, -0.05) is 25.7 Å². The molecule has 0 radical (unpaired) electrons. The van der Waals surface area contributed by atoms with Gasteiger partial charge in [-0.05, 0) is 92.1 Å². The summed E-state index contributed by atoms with van der Waals surface area (Å²) < 4.78 is 120. The lowest BCUT2D eigenvalue weighted by molar-refractivity contribution is -0.138. The van der Waals surface area contributed by atoms with E-state index in [2.05, 4.69) is 0 Å². The molecule has 242 valence electrons. The quantitative estimate of drug-likeness (QED) is 0.129. The summed E-state index contributed by atoms with van der Waals surface area (Å²) in [4.78, 5) is 10.7. The number of hydrogen-bond acceptors (Lipinski definition) is 1. The molecule has 0 saturated heterocycles. The smallest absolute Gasteiger partial charge is 0.416 e. The van der Waals surface area contributed by atoms with Crippen molar-refractivity contribution in [2.45, 2.75) is 69.9 Å². The Morgan fingerprint density at radius 2 is 0.773 bits per heavy atom. The van der Waals surface area contributed by atoms with Crippen molar-refractivity contribution < 1.29 is 66.4 Å². The summed E-state index contributed by atoms with van der Waals surface area (Å²) in [6.07, 6.45) is -8.63. The van der Waals surface area contributed by atoms with Crippen molar-refractivity contribution >= 4 is 29.1 Å². The standard InChI is InChI=1S/C31H30F9O2P.BrH/c32-29(33,34)22-9-15-25(16-10-22)43(26-17-11-23(12-18-26)30(35,36)37,27-19-13-24(14-20-27)31(38,39)40)21-7-5-3-1-2-4-6-8-28(41)42;/h9-20H,1-8,21H2;1H. The molecule has 0 spiro atoms. The first-order valence-corrected chi connectivity index (χ1v) is 15.7. The van der Waals surface area contributed by atoms with Crippen LogP contribution in [-0.2, 0) is 23.3 Å². The summed E-state index contributed by atoms with van der Waals surface area (Å²) in [6.45, 7) is 0. The van der Waals surface area contributed by atoms with Gasteiger partial charge in [0.25, 0.3) is 0 Å². The van der Waals surface area contributed by atoms with E-state index in [0.717, 1.165) is 62.1 Å². The van der Waals surface area contributed by atoms with Crippen molar-refractivity contribution in [3.05, 3.63) is 89.5 Å². The Morgan fingerprint density at radius 1 is 0.500 bits per heavy atom. The van der Waals surface area contributed by atoms with Gasteiger partial charge in [-0.25, -0.2) is 0 Å². The molecule has 0 fully saturated rings. The summed E-state index contributed by atoms with van der Waals surface area (Å²) in [5.41, 5.74) is -2.76. The molecule has 0 bridgehead atoms. The molecule has 0 aliphatic heterocycles. The van der Waals surface area contributed by atoms with Gasteiger partial charge in [0, 0.05) is 6.42 Å². The van der Waals surface area contributed by atoms with Crippen LogP contribution in [0.3, 0.4) is 0 Å². The first-order valence-electron chi connectivity index (χ1n) is 13.7. The Morgan fingerprint density at radius 3 is 1.05 bits per heavy atom. The van der Waals surface area contributed by atoms with Crippen LogP contribution in [-0.4, -0.2) is 17.2 Å². The fraction of sp³-hybridized carbons (Fsp3) is 0.387. The molecule has 0 saturated carbocycles. The normalized spacial score (nSPS) is 12.6. The van der Waals surface area contributed by atoms with Crippen LogP contribution in [0.4, 0.5) is 39.5 Å². The lowest BCUT2D eigenvalue weighted by atomic mass is 10.1. The largest absolute Gasteiger partial charge is 1.00 e. The molecule has 0 unspecified atom stereocenters. The highest BCUT2D eigenvalue weighted by Crippen LogP contribution is 2.56. The van der Waals surface area contributed by atoms with E-state index in [4.69, 9.17) is 5.11 Å². The highest BCUT2D eigenvalue weighted by atomic mass is 79.9. The third kappa shape index (κ3) is 9.96. The number of carbonyl (C=O) groups is 1. The second-order valence-corrected chi connectivity index (χ2v) is 13.9. The van der Waals surface area contributed by atoms with Crippen LogP contribution >= 0.6 is 7.26 Å². The van der Waals surface area contributed by atoms with Crippen molar-refractivity contribution in [1.29, 1.82) is 0 Å². The number of carboxylic acids is 1. The first-order chi connectivity index (χ1) is 20.0. The maximum absolute atomic E-state index is 13.4. The second kappa shape index (κ2) is 15.6. The van der Waals surface area contributed by atoms with E-state index in [1.165, 1.54) is 36.4 Å². The number of hydrogen-bond donors (Lipinski definition) is 1. The number of halogens is 10. The molecule has 3 aromatic carbocycles. The van der Waals surface area contributed by atoms with Crippen molar-refractivity contribution in [2.75, 3.05) is 6.16 Å². The topological polar surface area (TPSA) is 37.3 Å². The van der Waals surface area contributed by atoms with E-state index in [1.54, 1.807) is 0 Å². The van der Waals surface area contributed by atoms with Gasteiger partial charge in [-0.2, -0.15) is 39.5 Å². The molecule has 0 amide bonds. The minimum absolute atomic E-state index is 0. The zero-order valence-electron chi connectivity index (χ0n) is 23.4. The van der Waals surface area contributed by atoms with Crippen LogP contribution in [0.5, 0.6) is 0 Å². The number of alkyl halides is 9. The predicted molar refractivity (Wildman–Crippen MR) is 150 cm³/mol. The van der Waals surface area contributed by atoms with E-state index in [9.17, 15) is 44.3 Å². The number of aliphatic carboxylic acids is 1. The first kappa shape index (κ1) is 37.6. The van der Waals surface area contributed by atoms with Gasteiger partial charge in [-0.15, -0.1) is 0 Å². The maximum atomic E-state index is 13.4. The summed E-state index contributed by atoms with van der Waals surface area (Å²) >= 11 is 0. The zero-order chi connectivity index (χ0) is 31.9. The van der Waals surface area contributed by atoms with Crippen LogP contribution in [0, 0.1) is 0 Å². The molecular weight excluding hydrogens is 686 g/mol. The van der Waals surface area contributed by atoms with Crippen LogP contribution in [0.15, 0.2) is 72.8 Å². The van der Waals surface area contributed by atoms with Gasteiger partial charge in [0.1, 0.15) is 23.2 Å². The molecular formula is C31H31BrF9O2P. The van der Waals surface area contributed by atoms with Gasteiger partial charge >= 0.3 is 24.5 Å². The average molecular weight is 717 g/mol. The van der Waals surface area contributed by atoms with E-state index in [-0.39, 0.29) is 23.4 Å². The second-order valence-electron chi connectivity index (χ2n) is 10.3. The van der Waals surface area contributed by atoms with Gasteiger partial charge in [0.2, 0.25) is 0 Å². The molecule has 0 atom stereocenters. The molecule has 3 rings (SSSR count). The minimum Gasteiger partial charge on any atom is -1.00 e. The van der Waals surface area contributed by atoms with Gasteiger partial charge < -0.3 is 22.1 Å². The van der Waals surface area contributed by atoms with Crippen molar-refractivity contribution in [1.82, 2.24) is 0 Å². The molecule has 13 heteroatoms. The monoisotopic (exact) mass is 716 g/mol. The van der Waals surface area contributed by atoms with Gasteiger partial charge in [-0.3, -0.25) is 4.79 Å². The third-order valence-electron chi connectivity index (χ3n) is 7.29. The minimum atomic E-state index is -4.63. The fourth-order valence-corrected chi connectivity index (χ4v) is 9.40. The van der Waals surface area contributed by atoms with Crippen molar-refractivity contribution in [2.24, 2.45) is 0 Å². The van der Waals surface area contributed by atoms with Crippen LogP contribution < -0.4 is 32.9 Å². The Balaban J connectivity index is 0.00000675. The summed E-state index contributed by atoms with van der Waals surface area (Å²) in [5, 5.41) is 9.98. The molecule has 0 aliphatic carbocycles. The molecule has 0 aromatic heterocycles. The number of rotatable bonds is 13. The molecule has 1 N–H and O–H groups in total. The highest BCUT2D eigenvalue weighted by molar-refractivity contribution is 7.95. The molecule has 3 aromatic rings. The molecule has 2 nitrogen and oxygen atoms in total. The lowest BCUT2D eigenvalue weighted by Gasteiger charge is -2.28. The van der Waals surface area contributed by atoms with E-state index in [1.807, 2.05) is 0 Å². The average Bonchev–Trinajstić information content (AvgIpc) is 2.93. The third-order valence-corrected chi connectivity index (χ3v) is 11.8. The summed E-state index contributed by atoms with van der Waals surface area (Å²) in [6, 6.07) is 12.9. The van der Waals surface area contributed by atoms with Crippen molar-refractivity contribution in [3.8, 4) is 0 Å². The Hall–Kier alpha value is -2.59. The molecule has 0 heterocycles. The van der Waals surface area contributed by atoms with E-state index >= 15 is 0 Å². The lowest BCUT2D eigenvalue weighted by Crippen LogP contribution is -3.00. The van der Waals surface area contributed by atoms with Crippen LogP contribution in [0.1, 0.15) is 68.1 Å². The van der Waals surface area contributed by atoms with E-state index in [0.29, 0.717) is 41.3 Å². The maximum Gasteiger partial charge on any atom is 0.416 e. The SMILES string of the molecule is O=C(O)CCCCCCCCC[P+](c1ccc(C(F)(F)F)cc1)(c1ccc(C(F)(F)F)cc1)c1ccc(C(F)(F)F)cc1.[Br-]. The predicted octanol–water partition coefficient (Wildman–Crippen LogP) is 6.25. The highest BCUT2D eigenvalue weighted by Gasteiger charge is 2.46. The van der Waals surface area contributed by atoms with Crippen LogP contribution in [0.25, 0.3) is 0 Å². The number of unbranched alkanes of at least 4 members (excludes halogenated alkanes) is 6. The summed E-state index contributed by atoms with van der Waals surface area (Å²) in [7, 11) is -3.01. The Labute approximate surface area is 260 Å². The van der Waals surface area contributed by atoms with Gasteiger partial charge in [0.05, 0.1) is 22.9 Å². The van der Waals surface area contributed by atoms with E-state index < -0.39 is 48.5 Å². The Bertz CT molecular complexity index is 1180. The molecule has 0 aliphatic rings. The number of carboxylic acid groups (broad SMARTS) is 1. The Kier molecular flexibility index (Phi) is 13.3. The van der Waals surface area contributed by atoms with Crippen LogP contribution in [0.2, 0.25) is 0 Å². The van der Waals surface area contributed by atoms with Gasteiger partial charge in [0.15, 0.2) is 0 Å². The fourth-order valence-electron chi connectivity index (χ4n) is 5.06. The summed E-state index contributed by atoms with van der Waals surface area (Å²) in [5.74, 6) is -0.866.